The van der Waals surface area contributed by atoms with Crippen molar-refractivity contribution in [1.82, 2.24) is 0 Å². The van der Waals surface area contributed by atoms with Crippen LogP contribution in [0.5, 0.6) is 5.75 Å². The molecule has 2 aromatic carbocycles. The van der Waals surface area contributed by atoms with Gasteiger partial charge in [0.2, 0.25) is 0 Å². The molecular formula is C19H22N2O3. The molecule has 0 atom stereocenters. The number of carbonyl (C=O) groups is 1. The van der Waals surface area contributed by atoms with E-state index in [1.807, 2.05) is 36.4 Å². The average Bonchev–Trinajstić information content (AvgIpc) is 2.54. The molecule has 0 aliphatic rings. The first-order valence-corrected chi connectivity index (χ1v) is 7.67. The van der Waals surface area contributed by atoms with Gasteiger partial charge in [-0.2, -0.15) is 0 Å². The minimum absolute atomic E-state index is 0.312. The number of ether oxygens (including phenoxy) is 2. The summed E-state index contributed by atoms with van der Waals surface area (Å²) in [6.45, 7) is 5.92. The molecule has 5 heteroatoms. The highest BCUT2D eigenvalue weighted by Crippen LogP contribution is 2.26. The van der Waals surface area contributed by atoms with Crippen LogP contribution in [0.3, 0.4) is 0 Å². The molecule has 0 aliphatic carbocycles. The van der Waals surface area contributed by atoms with Crippen molar-refractivity contribution in [1.29, 1.82) is 0 Å². The summed E-state index contributed by atoms with van der Waals surface area (Å²) in [6.07, 6.45) is 0.618. The lowest BCUT2D eigenvalue weighted by atomic mass is 10.0. The van der Waals surface area contributed by atoms with E-state index < -0.39 is 0 Å². The zero-order valence-corrected chi connectivity index (χ0v) is 13.7. The van der Waals surface area contributed by atoms with Crippen LogP contribution in [0.25, 0.3) is 11.1 Å². The van der Waals surface area contributed by atoms with Crippen molar-refractivity contribution in [3.05, 3.63) is 54.6 Å². The van der Waals surface area contributed by atoms with Crippen molar-refractivity contribution >= 4 is 17.3 Å². The Bertz CT molecular complexity index is 704. The predicted octanol–water partition coefficient (Wildman–Crippen LogP) is 3.41. The van der Waals surface area contributed by atoms with Crippen molar-refractivity contribution in [2.24, 2.45) is 0 Å². The Morgan fingerprint density at radius 1 is 1.00 bits per heavy atom. The van der Waals surface area contributed by atoms with E-state index in [0.29, 0.717) is 36.6 Å². The molecule has 0 saturated heterocycles. The van der Waals surface area contributed by atoms with E-state index in [2.05, 4.69) is 6.58 Å². The smallest absolute Gasteiger partial charge is 0.333 e. The Labute approximate surface area is 141 Å². The normalized spacial score (nSPS) is 10.2. The summed E-state index contributed by atoms with van der Waals surface area (Å²) >= 11 is 0. The first-order chi connectivity index (χ1) is 11.5. The summed E-state index contributed by atoms with van der Waals surface area (Å²) in [6, 6.07) is 13.1. The molecule has 4 N–H and O–H groups in total. The second-order valence-corrected chi connectivity index (χ2v) is 5.53. The van der Waals surface area contributed by atoms with Crippen LogP contribution >= 0.6 is 0 Å². The zero-order chi connectivity index (χ0) is 17.5. The molecule has 0 fully saturated rings. The lowest BCUT2D eigenvalue weighted by molar-refractivity contribution is -0.139. The largest absolute Gasteiger partial charge is 0.493 e. The van der Waals surface area contributed by atoms with Gasteiger partial charge in [-0.1, -0.05) is 18.7 Å². The van der Waals surface area contributed by atoms with Gasteiger partial charge in [0.1, 0.15) is 5.75 Å². The van der Waals surface area contributed by atoms with Gasteiger partial charge in [0.05, 0.1) is 13.2 Å². The molecule has 0 amide bonds. The average molecular weight is 326 g/mol. The van der Waals surface area contributed by atoms with Crippen LogP contribution in [0, 0.1) is 0 Å². The van der Waals surface area contributed by atoms with E-state index in [1.54, 1.807) is 13.0 Å². The van der Waals surface area contributed by atoms with Crippen molar-refractivity contribution in [3.8, 4) is 16.9 Å². The van der Waals surface area contributed by atoms with E-state index in [-0.39, 0.29) is 5.97 Å². The number of rotatable bonds is 7. The highest BCUT2D eigenvalue weighted by molar-refractivity contribution is 5.86. The lowest BCUT2D eigenvalue weighted by Crippen LogP contribution is -2.09. The molecule has 2 aromatic rings. The summed E-state index contributed by atoms with van der Waals surface area (Å²) in [4.78, 5) is 11.2. The van der Waals surface area contributed by atoms with E-state index >= 15 is 0 Å². The van der Waals surface area contributed by atoms with Gasteiger partial charge in [0.15, 0.2) is 0 Å². The van der Waals surface area contributed by atoms with E-state index in [9.17, 15) is 4.79 Å². The van der Waals surface area contributed by atoms with Gasteiger partial charge in [-0.15, -0.1) is 0 Å². The number of anilines is 2. The number of carbonyl (C=O) groups excluding carboxylic acids is 1. The lowest BCUT2D eigenvalue weighted by Gasteiger charge is -2.09. The molecular weight excluding hydrogens is 304 g/mol. The number of nitrogens with two attached hydrogens (primary N) is 2. The van der Waals surface area contributed by atoms with E-state index in [4.69, 9.17) is 20.9 Å². The fourth-order valence-electron chi connectivity index (χ4n) is 2.12. The molecule has 0 saturated carbocycles. The van der Waals surface area contributed by atoms with Crippen LogP contribution in [-0.4, -0.2) is 19.2 Å². The number of esters is 1. The molecule has 0 bridgehead atoms. The Balaban J connectivity index is 1.84. The predicted molar refractivity (Wildman–Crippen MR) is 96.6 cm³/mol. The van der Waals surface area contributed by atoms with Crippen molar-refractivity contribution in [2.75, 3.05) is 24.7 Å². The third-order valence-electron chi connectivity index (χ3n) is 3.30. The van der Waals surface area contributed by atoms with Gasteiger partial charge in [-0.05, 0) is 48.4 Å². The number of nitrogen functional groups attached to an aromatic ring is 2. The maximum absolute atomic E-state index is 11.2. The van der Waals surface area contributed by atoms with Gasteiger partial charge >= 0.3 is 5.97 Å². The van der Waals surface area contributed by atoms with Gasteiger partial charge in [-0.3, -0.25) is 0 Å². The fourth-order valence-corrected chi connectivity index (χ4v) is 2.12. The van der Waals surface area contributed by atoms with Crippen LogP contribution in [0.1, 0.15) is 13.3 Å². The first kappa shape index (κ1) is 17.4. The SMILES string of the molecule is C=C(C)C(=O)OCCCOc1ccc(-c2cc(N)cc(N)c2)cc1. The first-order valence-electron chi connectivity index (χ1n) is 7.67. The van der Waals surface area contributed by atoms with Crippen LogP contribution in [0.2, 0.25) is 0 Å². The Morgan fingerprint density at radius 2 is 1.62 bits per heavy atom. The minimum Gasteiger partial charge on any atom is -0.493 e. The van der Waals surface area contributed by atoms with Crippen LogP contribution in [-0.2, 0) is 9.53 Å². The Hall–Kier alpha value is -2.95. The summed E-state index contributed by atoms with van der Waals surface area (Å²) < 4.78 is 10.6. The second kappa shape index (κ2) is 8.06. The van der Waals surface area contributed by atoms with E-state index in [0.717, 1.165) is 16.9 Å². The van der Waals surface area contributed by atoms with Gasteiger partial charge in [0.25, 0.3) is 0 Å². The molecule has 0 aromatic heterocycles. The van der Waals surface area contributed by atoms with Gasteiger partial charge < -0.3 is 20.9 Å². The topological polar surface area (TPSA) is 87.6 Å². The molecule has 0 aliphatic heterocycles. The second-order valence-electron chi connectivity index (χ2n) is 5.53. The third-order valence-corrected chi connectivity index (χ3v) is 3.30. The zero-order valence-electron chi connectivity index (χ0n) is 13.7. The monoisotopic (exact) mass is 326 g/mol. The maximum Gasteiger partial charge on any atom is 0.333 e. The van der Waals surface area contributed by atoms with Gasteiger partial charge in [-0.25, -0.2) is 4.79 Å². The standard InChI is InChI=1S/C19H22N2O3/c1-13(2)19(22)24-9-3-8-23-18-6-4-14(5-7-18)15-10-16(20)12-17(21)11-15/h4-7,10-12H,1,3,8-9,20-21H2,2H3. The molecule has 0 heterocycles. The van der Waals surface area contributed by atoms with Crippen molar-refractivity contribution < 1.29 is 14.3 Å². The molecule has 2 rings (SSSR count). The molecule has 0 radical (unpaired) electrons. The van der Waals surface area contributed by atoms with Crippen LogP contribution in [0.15, 0.2) is 54.6 Å². The number of hydrogen-bond acceptors (Lipinski definition) is 5. The third kappa shape index (κ3) is 5.05. The molecule has 5 nitrogen and oxygen atoms in total. The Morgan fingerprint density at radius 3 is 2.21 bits per heavy atom. The van der Waals surface area contributed by atoms with Crippen molar-refractivity contribution in [2.45, 2.75) is 13.3 Å². The van der Waals surface area contributed by atoms with Crippen LogP contribution in [0.4, 0.5) is 11.4 Å². The van der Waals surface area contributed by atoms with Crippen LogP contribution < -0.4 is 16.2 Å². The number of benzene rings is 2. The molecule has 0 unspecified atom stereocenters. The summed E-state index contributed by atoms with van der Waals surface area (Å²) in [5.41, 5.74) is 15.3. The highest BCUT2D eigenvalue weighted by atomic mass is 16.5. The Kier molecular flexibility index (Phi) is 5.84. The maximum atomic E-state index is 11.2. The summed E-state index contributed by atoms with van der Waals surface area (Å²) in [5.74, 6) is 0.377. The highest BCUT2D eigenvalue weighted by Gasteiger charge is 2.03. The van der Waals surface area contributed by atoms with Gasteiger partial charge in [0, 0.05) is 23.4 Å². The fraction of sp³-hybridized carbons (Fsp3) is 0.211. The molecule has 126 valence electrons. The quantitative estimate of drug-likeness (QED) is 0.352. The minimum atomic E-state index is -0.374. The van der Waals surface area contributed by atoms with E-state index in [1.165, 1.54) is 0 Å². The number of hydrogen-bond donors (Lipinski definition) is 2. The van der Waals surface area contributed by atoms with Crippen molar-refractivity contribution in [3.63, 3.8) is 0 Å². The molecule has 0 spiro atoms. The summed E-state index contributed by atoms with van der Waals surface area (Å²) in [5, 5.41) is 0. The molecule has 24 heavy (non-hydrogen) atoms. The summed E-state index contributed by atoms with van der Waals surface area (Å²) in [7, 11) is 0.